The fourth-order valence-corrected chi connectivity index (χ4v) is 3.88. The Balaban J connectivity index is 0. The Morgan fingerprint density at radius 2 is 0.970 bits per heavy atom. The Kier molecular flexibility index (Phi) is 32.9. The molecular weight excluding hydrogens is 408 g/mol. The molecule has 0 aromatic heterocycles. The van der Waals surface area contributed by atoms with Crippen LogP contribution in [0.25, 0.3) is 0 Å². The Bertz CT molecular complexity index is 364. The number of hydrogen-bond acceptors (Lipinski definition) is 3. The predicted molar refractivity (Wildman–Crippen MR) is 147 cm³/mol. The highest BCUT2D eigenvalue weighted by Crippen LogP contribution is 2.14. The Hall–Kier alpha value is -0.610. The molecule has 0 radical (unpaired) electrons. The van der Waals surface area contributed by atoms with Gasteiger partial charge in [-0.2, -0.15) is 0 Å². The zero-order chi connectivity index (χ0) is 24.8. The van der Waals surface area contributed by atoms with Crippen LogP contribution in [-0.2, 0) is 4.79 Å². The van der Waals surface area contributed by atoms with Gasteiger partial charge >= 0.3 is 5.97 Å². The van der Waals surface area contributed by atoms with Crippen molar-refractivity contribution in [3.63, 3.8) is 0 Å². The zero-order valence-electron chi connectivity index (χ0n) is 23.3. The molecule has 0 heterocycles. The molecule has 0 rings (SSSR count). The van der Waals surface area contributed by atoms with E-state index in [0.29, 0.717) is 6.42 Å². The molecule has 0 aliphatic carbocycles. The van der Waals surface area contributed by atoms with E-state index < -0.39 is 5.97 Å². The van der Waals surface area contributed by atoms with Crippen LogP contribution in [0, 0.1) is 0 Å². The molecule has 0 aliphatic rings. The van der Waals surface area contributed by atoms with E-state index in [-0.39, 0.29) is 0 Å². The van der Waals surface area contributed by atoms with E-state index in [4.69, 9.17) is 5.11 Å². The molecule has 0 aromatic carbocycles. The highest BCUT2D eigenvalue weighted by molar-refractivity contribution is 5.66. The number of carboxylic acids is 1. The van der Waals surface area contributed by atoms with Crippen LogP contribution in [0.4, 0.5) is 0 Å². The molecule has 0 aromatic rings. The second kappa shape index (κ2) is 31.4. The van der Waals surface area contributed by atoms with Gasteiger partial charge in [0.05, 0.1) is 0 Å². The van der Waals surface area contributed by atoms with Crippen LogP contribution in [0.1, 0.15) is 156 Å². The summed E-state index contributed by atoms with van der Waals surface area (Å²) in [5.74, 6) is -0.652. The summed E-state index contributed by atoms with van der Waals surface area (Å²) in [7, 11) is 2.13. The molecule has 0 amide bonds. The minimum atomic E-state index is -0.652. The van der Waals surface area contributed by atoms with Crippen LogP contribution in [0.2, 0.25) is 0 Å². The molecular formula is C29H62N2O2. The summed E-state index contributed by atoms with van der Waals surface area (Å²) in [5, 5.41) is 11.9. The predicted octanol–water partition coefficient (Wildman–Crippen LogP) is 8.79. The van der Waals surface area contributed by atoms with E-state index in [9.17, 15) is 4.79 Å². The van der Waals surface area contributed by atoms with E-state index in [1.807, 2.05) is 0 Å². The molecule has 0 aliphatic heterocycles. The van der Waals surface area contributed by atoms with Gasteiger partial charge < -0.3 is 10.4 Å². The van der Waals surface area contributed by atoms with Gasteiger partial charge in [0.2, 0.25) is 0 Å². The third-order valence-electron chi connectivity index (χ3n) is 6.37. The van der Waals surface area contributed by atoms with Crippen molar-refractivity contribution in [2.75, 3.05) is 26.8 Å². The number of hydrogen-bond donors (Lipinski definition) is 2. The summed E-state index contributed by atoms with van der Waals surface area (Å²) >= 11 is 0. The first-order valence-corrected chi connectivity index (χ1v) is 14.7. The zero-order valence-corrected chi connectivity index (χ0v) is 23.3. The third kappa shape index (κ3) is 36.1. The van der Waals surface area contributed by atoms with Crippen LogP contribution in [0.15, 0.2) is 0 Å². The maximum atomic E-state index is 10.4. The van der Waals surface area contributed by atoms with E-state index in [1.165, 1.54) is 116 Å². The molecule has 0 atom stereocenters. The van der Waals surface area contributed by atoms with Gasteiger partial charge in [-0.15, -0.1) is 0 Å². The largest absolute Gasteiger partial charge is 0.481 e. The van der Waals surface area contributed by atoms with Gasteiger partial charge in [-0.25, -0.2) is 0 Å². The van der Waals surface area contributed by atoms with Crippen molar-refractivity contribution in [3.8, 4) is 0 Å². The molecule has 2 N–H and O–H groups in total. The number of carbonyl (C=O) groups is 1. The summed E-state index contributed by atoms with van der Waals surface area (Å²) in [4.78, 5) is 12.6. The molecule has 0 unspecified atom stereocenters. The first-order chi connectivity index (χ1) is 16.1. The SMILES string of the molecule is CCCCCCCCCCCCCCCCCCCC(=O)O.CCCCCNCN(C)CC. The first kappa shape index (κ1) is 34.6. The van der Waals surface area contributed by atoms with Crippen LogP contribution < -0.4 is 5.32 Å². The maximum absolute atomic E-state index is 10.4. The lowest BCUT2D eigenvalue weighted by atomic mass is 10.0. The lowest BCUT2D eigenvalue weighted by Crippen LogP contribution is -2.31. The average molecular weight is 471 g/mol. The second-order valence-corrected chi connectivity index (χ2v) is 9.84. The second-order valence-electron chi connectivity index (χ2n) is 9.84. The molecule has 0 saturated carbocycles. The van der Waals surface area contributed by atoms with Gasteiger partial charge in [0, 0.05) is 13.1 Å². The molecule has 0 saturated heterocycles. The topological polar surface area (TPSA) is 52.6 Å². The van der Waals surface area contributed by atoms with E-state index in [2.05, 4.69) is 38.0 Å². The van der Waals surface area contributed by atoms with Crippen LogP contribution in [0.5, 0.6) is 0 Å². The molecule has 4 heteroatoms. The van der Waals surface area contributed by atoms with Gasteiger partial charge in [0.25, 0.3) is 0 Å². The van der Waals surface area contributed by atoms with Crippen LogP contribution in [-0.4, -0.2) is 42.8 Å². The van der Waals surface area contributed by atoms with Crippen molar-refractivity contribution in [2.45, 2.75) is 156 Å². The number of rotatable bonds is 25. The van der Waals surface area contributed by atoms with Gasteiger partial charge in [-0.3, -0.25) is 9.69 Å². The number of nitrogens with one attached hydrogen (secondary N) is 1. The summed E-state index contributed by atoms with van der Waals surface area (Å²) in [6.07, 6.45) is 27.1. The maximum Gasteiger partial charge on any atom is 0.303 e. The molecule has 200 valence electrons. The summed E-state index contributed by atoms with van der Waals surface area (Å²) in [6, 6.07) is 0. The van der Waals surface area contributed by atoms with Gasteiger partial charge in [0.1, 0.15) is 0 Å². The molecule has 33 heavy (non-hydrogen) atoms. The summed E-state index contributed by atoms with van der Waals surface area (Å²) < 4.78 is 0. The Morgan fingerprint density at radius 3 is 1.33 bits per heavy atom. The Labute approximate surface area is 208 Å². The standard InChI is InChI=1S/C20H40O2.C9H22N2/c1-2-3-4-5-6-7-8-9-10-11-12-13-14-15-16-17-18-19-20(21)22;1-4-6-7-8-10-9-11(3)5-2/h2-19H2,1H3,(H,21,22);10H,4-9H2,1-3H3. The average Bonchev–Trinajstić information content (AvgIpc) is 2.81. The van der Waals surface area contributed by atoms with Gasteiger partial charge in [-0.05, 0) is 33.0 Å². The van der Waals surface area contributed by atoms with E-state index in [0.717, 1.165) is 32.6 Å². The lowest BCUT2D eigenvalue weighted by Gasteiger charge is -2.14. The number of carboxylic acid groups (broad SMARTS) is 1. The van der Waals surface area contributed by atoms with Crippen molar-refractivity contribution in [2.24, 2.45) is 0 Å². The first-order valence-electron chi connectivity index (χ1n) is 14.7. The summed E-state index contributed by atoms with van der Waals surface area (Å²) in [5.41, 5.74) is 0. The van der Waals surface area contributed by atoms with Crippen molar-refractivity contribution >= 4 is 5.97 Å². The van der Waals surface area contributed by atoms with Gasteiger partial charge in [-0.1, -0.05) is 136 Å². The lowest BCUT2D eigenvalue weighted by molar-refractivity contribution is -0.137. The van der Waals surface area contributed by atoms with Crippen LogP contribution >= 0.6 is 0 Å². The van der Waals surface area contributed by atoms with Gasteiger partial charge in [0.15, 0.2) is 0 Å². The van der Waals surface area contributed by atoms with E-state index >= 15 is 0 Å². The molecule has 0 bridgehead atoms. The summed E-state index contributed by atoms with van der Waals surface area (Å²) in [6.45, 7) is 10.0. The van der Waals surface area contributed by atoms with Crippen LogP contribution in [0.3, 0.4) is 0 Å². The van der Waals surface area contributed by atoms with Crippen molar-refractivity contribution in [1.29, 1.82) is 0 Å². The minimum Gasteiger partial charge on any atom is -0.481 e. The smallest absolute Gasteiger partial charge is 0.303 e. The monoisotopic (exact) mass is 470 g/mol. The van der Waals surface area contributed by atoms with Crippen molar-refractivity contribution in [3.05, 3.63) is 0 Å². The molecule has 0 spiro atoms. The Morgan fingerprint density at radius 1 is 0.606 bits per heavy atom. The molecule has 4 nitrogen and oxygen atoms in total. The fraction of sp³-hybridized carbons (Fsp3) is 0.966. The number of aliphatic carboxylic acids is 1. The third-order valence-corrected chi connectivity index (χ3v) is 6.37. The highest BCUT2D eigenvalue weighted by atomic mass is 16.4. The normalized spacial score (nSPS) is 10.9. The fourth-order valence-electron chi connectivity index (χ4n) is 3.88. The van der Waals surface area contributed by atoms with E-state index in [1.54, 1.807) is 0 Å². The highest BCUT2D eigenvalue weighted by Gasteiger charge is 1.97. The molecule has 0 fully saturated rings. The quantitative estimate of drug-likeness (QED) is 0.103. The van der Waals surface area contributed by atoms with Crippen molar-refractivity contribution in [1.82, 2.24) is 10.2 Å². The minimum absolute atomic E-state index is 0.346. The van der Waals surface area contributed by atoms with Crippen molar-refractivity contribution < 1.29 is 9.90 Å². The number of nitrogens with zero attached hydrogens (tertiary/aromatic N) is 1. The number of unbranched alkanes of at least 4 members (excludes halogenated alkanes) is 18.